The van der Waals surface area contributed by atoms with Gasteiger partial charge < -0.3 is 14.7 Å². The average molecular weight is 311 g/mol. The topological polar surface area (TPSA) is 95.1 Å². The molecule has 7 heteroatoms. The van der Waals surface area contributed by atoms with Gasteiger partial charge in [0.1, 0.15) is 0 Å². The van der Waals surface area contributed by atoms with Crippen LogP contribution in [0.25, 0.3) is 0 Å². The van der Waals surface area contributed by atoms with Gasteiger partial charge in [-0.05, 0) is 31.0 Å². The first kappa shape index (κ1) is 15.0. The van der Waals surface area contributed by atoms with Gasteiger partial charge in [0, 0.05) is 31.6 Å². The molecule has 3 rings (SSSR count). The number of aryl methyl sites for hydroxylation is 1. The van der Waals surface area contributed by atoms with Crippen molar-refractivity contribution in [2.45, 2.75) is 25.7 Å². The standard InChI is InChI=1S/C16H17N5O2/c1-11-18-15(20-23-11)13-5-7-21(8-6-13)16(22)19-14-4-2-3-12(9-14)10-17/h2-4,9,13H,5-8H2,1H3,(H,19,22). The summed E-state index contributed by atoms with van der Waals surface area (Å²) in [6.07, 6.45) is 1.62. The molecule has 23 heavy (non-hydrogen) atoms. The number of anilines is 1. The molecule has 0 atom stereocenters. The van der Waals surface area contributed by atoms with Gasteiger partial charge in [-0.3, -0.25) is 0 Å². The van der Waals surface area contributed by atoms with Crippen molar-refractivity contribution in [1.82, 2.24) is 15.0 Å². The van der Waals surface area contributed by atoms with Gasteiger partial charge in [0.2, 0.25) is 5.89 Å². The highest BCUT2D eigenvalue weighted by Crippen LogP contribution is 2.26. The van der Waals surface area contributed by atoms with E-state index in [1.165, 1.54) is 0 Å². The number of aromatic nitrogens is 2. The molecular weight excluding hydrogens is 294 g/mol. The van der Waals surface area contributed by atoms with Gasteiger partial charge >= 0.3 is 6.03 Å². The average Bonchev–Trinajstić information content (AvgIpc) is 3.01. The van der Waals surface area contributed by atoms with E-state index < -0.39 is 0 Å². The van der Waals surface area contributed by atoms with Gasteiger partial charge in [0.25, 0.3) is 0 Å². The lowest BCUT2D eigenvalue weighted by Gasteiger charge is -2.30. The second-order valence-corrected chi connectivity index (χ2v) is 5.56. The molecule has 1 aromatic carbocycles. The molecule has 0 spiro atoms. The third kappa shape index (κ3) is 3.48. The smallest absolute Gasteiger partial charge is 0.321 e. The van der Waals surface area contributed by atoms with Crippen molar-refractivity contribution in [2.75, 3.05) is 18.4 Å². The largest absolute Gasteiger partial charge is 0.340 e. The van der Waals surface area contributed by atoms with Crippen molar-refractivity contribution >= 4 is 11.7 Å². The summed E-state index contributed by atoms with van der Waals surface area (Å²) in [5.74, 6) is 1.53. The number of urea groups is 1. The minimum atomic E-state index is -0.150. The van der Waals surface area contributed by atoms with Gasteiger partial charge in [-0.1, -0.05) is 11.2 Å². The minimum absolute atomic E-state index is 0.150. The Hall–Kier alpha value is -2.88. The van der Waals surface area contributed by atoms with Crippen LogP contribution < -0.4 is 5.32 Å². The number of rotatable bonds is 2. The fraction of sp³-hybridized carbons (Fsp3) is 0.375. The molecule has 2 aromatic rings. The number of nitrogens with one attached hydrogen (secondary N) is 1. The van der Waals surface area contributed by atoms with Crippen LogP contribution in [0.4, 0.5) is 10.5 Å². The predicted octanol–water partition coefficient (Wildman–Crippen LogP) is 2.66. The summed E-state index contributed by atoms with van der Waals surface area (Å²) in [7, 11) is 0. The molecule has 0 radical (unpaired) electrons. The van der Waals surface area contributed by atoms with Crippen LogP contribution in [-0.4, -0.2) is 34.2 Å². The van der Waals surface area contributed by atoms with E-state index in [9.17, 15) is 4.79 Å². The second-order valence-electron chi connectivity index (χ2n) is 5.56. The van der Waals surface area contributed by atoms with E-state index in [0.717, 1.165) is 18.7 Å². The van der Waals surface area contributed by atoms with Gasteiger partial charge in [-0.25, -0.2) is 4.79 Å². The third-order valence-electron chi connectivity index (χ3n) is 3.93. The molecule has 1 aliphatic rings. The fourth-order valence-corrected chi connectivity index (χ4v) is 2.69. The van der Waals surface area contributed by atoms with Crippen LogP contribution >= 0.6 is 0 Å². The Kier molecular flexibility index (Phi) is 4.24. The van der Waals surface area contributed by atoms with Gasteiger partial charge in [-0.2, -0.15) is 10.2 Å². The Morgan fingerprint density at radius 3 is 2.87 bits per heavy atom. The Morgan fingerprint density at radius 1 is 1.43 bits per heavy atom. The van der Waals surface area contributed by atoms with Crippen molar-refractivity contribution in [3.05, 3.63) is 41.5 Å². The molecule has 118 valence electrons. The number of amides is 2. The number of piperidine rings is 1. The number of carbonyl (C=O) groups is 1. The summed E-state index contributed by atoms with van der Waals surface area (Å²) >= 11 is 0. The van der Waals surface area contributed by atoms with E-state index in [0.29, 0.717) is 30.2 Å². The zero-order chi connectivity index (χ0) is 16.2. The van der Waals surface area contributed by atoms with E-state index in [-0.39, 0.29) is 11.9 Å². The van der Waals surface area contributed by atoms with Crippen molar-refractivity contribution in [1.29, 1.82) is 5.26 Å². The van der Waals surface area contributed by atoms with Gasteiger partial charge in [0.05, 0.1) is 11.6 Å². The van der Waals surface area contributed by atoms with Crippen LogP contribution in [-0.2, 0) is 0 Å². The van der Waals surface area contributed by atoms with Crippen molar-refractivity contribution in [2.24, 2.45) is 0 Å². The monoisotopic (exact) mass is 311 g/mol. The molecule has 1 saturated heterocycles. The molecule has 0 unspecified atom stereocenters. The Labute approximate surface area is 133 Å². The van der Waals surface area contributed by atoms with Crippen LogP contribution in [0.1, 0.15) is 36.0 Å². The molecule has 7 nitrogen and oxygen atoms in total. The summed E-state index contributed by atoms with van der Waals surface area (Å²) in [5.41, 5.74) is 1.15. The summed E-state index contributed by atoms with van der Waals surface area (Å²) < 4.78 is 5.01. The maximum Gasteiger partial charge on any atom is 0.321 e. The molecule has 0 aliphatic carbocycles. The van der Waals surface area contributed by atoms with E-state index >= 15 is 0 Å². The SMILES string of the molecule is Cc1nc(C2CCN(C(=O)Nc3cccc(C#N)c3)CC2)no1. The first-order valence-corrected chi connectivity index (χ1v) is 7.52. The molecule has 1 aliphatic heterocycles. The number of nitrogens with zero attached hydrogens (tertiary/aromatic N) is 4. The summed E-state index contributed by atoms with van der Waals surface area (Å²) in [6.45, 7) is 3.05. The third-order valence-corrected chi connectivity index (χ3v) is 3.93. The lowest BCUT2D eigenvalue weighted by atomic mass is 9.96. The minimum Gasteiger partial charge on any atom is -0.340 e. The fourth-order valence-electron chi connectivity index (χ4n) is 2.69. The van der Waals surface area contributed by atoms with E-state index in [4.69, 9.17) is 9.78 Å². The highest BCUT2D eigenvalue weighted by Gasteiger charge is 2.26. The van der Waals surface area contributed by atoms with Crippen LogP contribution in [0, 0.1) is 18.3 Å². The number of hydrogen-bond donors (Lipinski definition) is 1. The number of benzene rings is 1. The predicted molar refractivity (Wildman–Crippen MR) is 82.8 cm³/mol. The quantitative estimate of drug-likeness (QED) is 0.920. The number of hydrogen-bond acceptors (Lipinski definition) is 5. The Balaban J connectivity index is 1.57. The molecule has 2 amide bonds. The molecule has 1 aromatic heterocycles. The maximum absolute atomic E-state index is 12.3. The van der Waals surface area contributed by atoms with Crippen LogP contribution in [0.5, 0.6) is 0 Å². The van der Waals surface area contributed by atoms with Gasteiger partial charge in [-0.15, -0.1) is 0 Å². The zero-order valence-corrected chi connectivity index (χ0v) is 12.8. The van der Waals surface area contributed by atoms with Crippen LogP contribution in [0.2, 0.25) is 0 Å². The highest BCUT2D eigenvalue weighted by molar-refractivity contribution is 5.89. The van der Waals surface area contributed by atoms with E-state index in [1.54, 1.807) is 36.1 Å². The van der Waals surface area contributed by atoms with E-state index in [2.05, 4.69) is 21.5 Å². The van der Waals surface area contributed by atoms with Gasteiger partial charge in [0.15, 0.2) is 5.82 Å². The lowest BCUT2D eigenvalue weighted by Crippen LogP contribution is -2.40. The molecule has 1 N–H and O–H groups in total. The number of likely N-dealkylation sites (tertiary alicyclic amines) is 1. The number of carbonyl (C=O) groups excluding carboxylic acids is 1. The highest BCUT2D eigenvalue weighted by atomic mass is 16.5. The molecule has 1 fully saturated rings. The van der Waals surface area contributed by atoms with Crippen LogP contribution in [0.15, 0.2) is 28.8 Å². The summed E-state index contributed by atoms with van der Waals surface area (Å²) in [4.78, 5) is 18.3. The normalized spacial score (nSPS) is 15.2. The first-order valence-electron chi connectivity index (χ1n) is 7.52. The summed E-state index contributed by atoms with van der Waals surface area (Å²) in [5, 5.41) is 15.7. The molecular formula is C16H17N5O2. The molecule has 0 saturated carbocycles. The lowest BCUT2D eigenvalue weighted by molar-refractivity contribution is 0.193. The van der Waals surface area contributed by atoms with Crippen molar-refractivity contribution < 1.29 is 9.32 Å². The zero-order valence-electron chi connectivity index (χ0n) is 12.8. The Morgan fingerprint density at radius 2 is 2.22 bits per heavy atom. The first-order chi connectivity index (χ1) is 11.2. The summed E-state index contributed by atoms with van der Waals surface area (Å²) in [6, 6.07) is 8.79. The van der Waals surface area contributed by atoms with E-state index in [1.807, 2.05) is 0 Å². The number of nitriles is 1. The molecule has 0 bridgehead atoms. The Bertz CT molecular complexity index is 741. The molecule has 2 heterocycles. The van der Waals surface area contributed by atoms with Crippen molar-refractivity contribution in [3.63, 3.8) is 0 Å². The van der Waals surface area contributed by atoms with Crippen molar-refractivity contribution in [3.8, 4) is 6.07 Å². The van der Waals surface area contributed by atoms with Crippen LogP contribution in [0.3, 0.4) is 0 Å². The maximum atomic E-state index is 12.3. The second kappa shape index (κ2) is 6.48.